The zero-order valence-electron chi connectivity index (χ0n) is 9.05. The third kappa shape index (κ3) is 3.44. The Balaban J connectivity index is 2.62. The fourth-order valence-corrected chi connectivity index (χ4v) is 1.16. The van der Waals surface area contributed by atoms with Gasteiger partial charge in [-0.2, -0.15) is 0 Å². The number of rotatable bonds is 5. The largest absolute Gasteiger partial charge is 0.373 e. The van der Waals surface area contributed by atoms with E-state index in [-0.39, 0.29) is 18.2 Å². The average Bonchev–Trinajstić information content (AvgIpc) is 2.22. The lowest BCUT2D eigenvalue weighted by Crippen LogP contribution is -2.10. The molecule has 0 aliphatic carbocycles. The number of halogens is 1. The quantitative estimate of drug-likeness (QED) is 0.551. The van der Waals surface area contributed by atoms with Gasteiger partial charge in [0.15, 0.2) is 5.78 Å². The summed E-state index contributed by atoms with van der Waals surface area (Å²) in [7, 11) is 0. The van der Waals surface area contributed by atoms with Crippen LogP contribution in [-0.2, 0) is 4.74 Å². The third-order valence-corrected chi connectivity index (χ3v) is 2.08. The summed E-state index contributed by atoms with van der Waals surface area (Å²) in [6.45, 7) is 4.21. The van der Waals surface area contributed by atoms with Crippen molar-refractivity contribution in [3.05, 3.63) is 35.1 Å². The summed E-state index contributed by atoms with van der Waals surface area (Å²) in [5.41, 5.74) is 0.912. The molecular weight excluding hydrogens is 195 g/mol. The summed E-state index contributed by atoms with van der Waals surface area (Å²) >= 11 is 0. The summed E-state index contributed by atoms with van der Waals surface area (Å²) in [4.78, 5) is 11.5. The summed E-state index contributed by atoms with van der Waals surface area (Å²) in [5.74, 6) is -0.529. The van der Waals surface area contributed by atoms with Crippen LogP contribution in [0.25, 0.3) is 0 Å². The minimum absolute atomic E-state index is 0.0241. The number of hydrogen-bond acceptors (Lipinski definition) is 2. The highest BCUT2D eigenvalue weighted by atomic mass is 19.1. The average molecular weight is 210 g/mol. The normalized spacial score (nSPS) is 10.3. The van der Waals surface area contributed by atoms with Gasteiger partial charge in [-0.1, -0.05) is 19.1 Å². The van der Waals surface area contributed by atoms with E-state index >= 15 is 0 Å². The van der Waals surface area contributed by atoms with Crippen LogP contribution in [0.4, 0.5) is 4.39 Å². The Labute approximate surface area is 89.1 Å². The van der Waals surface area contributed by atoms with Crippen LogP contribution in [0.2, 0.25) is 0 Å². The highest BCUT2D eigenvalue weighted by Crippen LogP contribution is 2.09. The first kappa shape index (κ1) is 11.9. The fourth-order valence-electron chi connectivity index (χ4n) is 1.16. The number of carbonyl (C=O) groups excluding carboxylic acids is 1. The Morgan fingerprint density at radius 3 is 2.80 bits per heavy atom. The first-order chi connectivity index (χ1) is 7.15. The zero-order valence-corrected chi connectivity index (χ0v) is 9.05. The zero-order chi connectivity index (χ0) is 11.3. The van der Waals surface area contributed by atoms with Crippen LogP contribution in [0.5, 0.6) is 0 Å². The van der Waals surface area contributed by atoms with Crippen molar-refractivity contribution in [2.45, 2.75) is 20.3 Å². The summed E-state index contributed by atoms with van der Waals surface area (Å²) < 4.78 is 18.2. The first-order valence-electron chi connectivity index (χ1n) is 5.02. The molecule has 0 aliphatic rings. The minimum Gasteiger partial charge on any atom is -0.373 e. The monoisotopic (exact) mass is 210 g/mol. The van der Waals surface area contributed by atoms with Crippen molar-refractivity contribution >= 4 is 5.78 Å². The summed E-state index contributed by atoms with van der Waals surface area (Å²) in [6, 6.07) is 4.48. The Kier molecular flexibility index (Phi) is 4.43. The maximum atomic E-state index is 13.1. The van der Waals surface area contributed by atoms with Gasteiger partial charge in [0.25, 0.3) is 0 Å². The van der Waals surface area contributed by atoms with Gasteiger partial charge in [0, 0.05) is 12.2 Å². The van der Waals surface area contributed by atoms with Crippen molar-refractivity contribution in [2.75, 3.05) is 13.2 Å². The van der Waals surface area contributed by atoms with Gasteiger partial charge in [-0.15, -0.1) is 0 Å². The molecule has 0 heterocycles. The molecule has 0 unspecified atom stereocenters. The molecule has 0 aromatic heterocycles. The van der Waals surface area contributed by atoms with E-state index in [2.05, 4.69) is 0 Å². The molecule has 0 saturated carbocycles. The van der Waals surface area contributed by atoms with Gasteiger partial charge in [0.1, 0.15) is 12.4 Å². The molecule has 15 heavy (non-hydrogen) atoms. The maximum absolute atomic E-state index is 13.1. The van der Waals surface area contributed by atoms with Crippen molar-refractivity contribution in [2.24, 2.45) is 0 Å². The number of ketones is 1. The van der Waals surface area contributed by atoms with Gasteiger partial charge in [0.2, 0.25) is 0 Å². The van der Waals surface area contributed by atoms with E-state index in [1.165, 1.54) is 6.07 Å². The second kappa shape index (κ2) is 5.61. The molecule has 0 saturated heterocycles. The second-order valence-electron chi connectivity index (χ2n) is 3.44. The SMILES string of the molecule is CCCOCC(=O)c1ccc(C)c(F)c1. The molecule has 3 heteroatoms. The van der Waals surface area contributed by atoms with E-state index in [0.717, 1.165) is 6.42 Å². The molecule has 0 fully saturated rings. The van der Waals surface area contributed by atoms with Crippen LogP contribution in [-0.4, -0.2) is 19.0 Å². The molecule has 0 spiro atoms. The van der Waals surface area contributed by atoms with Crippen molar-refractivity contribution in [3.8, 4) is 0 Å². The van der Waals surface area contributed by atoms with E-state index in [0.29, 0.717) is 17.7 Å². The van der Waals surface area contributed by atoms with Gasteiger partial charge in [-0.05, 0) is 25.0 Å². The van der Waals surface area contributed by atoms with Gasteiger partial charge in [-0.25, -0.2) is 4.39 Å². The first-order valence-corrected chi connectivity index (χ1v) is 5.02. The lowest BCUT2D eigenvalue weighted by molar-refractivity contribution is 0.0761. The van der Waals surface area contributed by atoms with Crippen molar-refractivity contribution < 1.29 is 13.9 Å². The van der Waals surface area contributed by atoms with E-state index in [1.807, 2.05) is 6.92 Å². The van der Waals surface area contributed by atoms with Gasteiger partial charge < -0.3 is 4.74 Å². The van der Waals surface area contributed by atoms with Gasteiger partial charge >= 0.3 is 0 Å². The molecule has 0 N–H and O–H groups in total. The molecule has 0 bridgehead atoms. The van der Waals surface area contributed by atoms with Crippen molar-refractivity contribution in [3.63, 3.8) is 0 Å². The lowest BCUT2D eigenvalue weighted by atomic mass is 10.1. The van der Waals surface area contributed by atoms with Gasteiger partial charge in [-0.3, -0.25) is 4.79 Å². The number of carbonyl (C=O) groups is 1. The topological polar surface area (TPSA) is 26.3 Å². The number of aryl methyl sites for hydroxylation is 1. The molecular formula is C12H15FO2. The maximum Gasteiger partial charge on any atom is 0.188 e. The standard InChI is InChI=1S/C12H15FO2/c1-3-6-15-8-12(14)10-5-4-9(2)11(13)7-10/h4-5,7H,3,6,8H2,1-2H3. The smallest absolute Gasteiger partial charge is 0.188 e. The predicted octanol–water partition coefficient (Wildman–Crippen LogP) is 2.74. The Bertz CT molecular complexity index is 347. The van der Waals surface area contributed by atoms with Crippen LogP contribution < -0.4 is 0 Å². The van der Waals surface area contributed by atoms with Crippen LogP contribution in [0.3, 0.4) is 0 Å². The molecule has 0 radical (unpaired) electrons. The minimum atomic E-state index is -0.351. The number of hydrogen-bond donors (Lipinski definition) is 0. The predicted molar refractivity (Wildman–Crippen MR) is 56.6 cm³/mol. The molecule has 0 aliphatic heterocycles. The number of benzene rings is 1. The molecule has 1 rings (SSSR count). The van der Waals surface area contributed by atoms with E-state index < -0.39 is 0 Å². The van der Waals surface area contributed by atoms with Crippen LogP contribution >= 0.6 is 0 Å². The lowest BCUT2D eigenvalue weighted by Gasteiger charge is -2.03. The second-order valence-corrected chi connectivity index (χ2v) is 3.44. The Morgan fingerprint density at radius 2 is 2.20 bits per heavy atom. The highest BCUT2D eigenvalue weighted by Gasteiger charge is 2.07. The van der Waals surface area contributed by atoms with Gasteiger partial charge in [0.05, 0.1) is 0 Å². The number of ether oxygens (including phenoxy) is 1. The van der Waals surface area contributed by atoms with Crippen LogP contribution in [0, 0.1) is 12.7 Å². The molecule has 1 aromatic carbocycles. The Hall–Kier alpha value is -1.22. The molecule has 82 valence electrons. The van der Waals surface area contributed by atoms with E-state index in [9.17, 15) is 9.18 Å². The summed E-state index contributed by atoms with van der Waals surface area (Å²) in [5, 5.41) is 0. The molecule has 2 nitrogen and oxygen atoms in total. The van der Waals surface area contributed by atoms with E-state index in [1.54, 1.807) is 19.1 Å². The molecule has 1 aromatic rings. The molecule has 0 atom stereocenters. The van der Waals surface area contributed by atoms with Crippen LogP contribution in [0.1, 0.15) is 29.3 Å². The Morgan fingerprint density at radius 1 is 1.47 bits per heavy atom. The van der Waals surface area contributed by atoms with Crippen molar-refractivity contribution in [1.29, 1.82) is 0 Å². The fraction of sp³-hybridized carbons (Fsp3) is 0.417. The third-order valence-electron chi connectivity index (χ3n) is 2.08. The highest BCUT2D eigenvalue weighted by molar-refractivity contribution is 5.97. The summed E-state index contributed by atoms with van der Waals surface area (Å²) in [6.07, 6.45) is 0.871. The number of Topliss-reactive ketones (excluding diaryl/α,β-unsaturated/α-hetero) is 1. The molecule has 0 amide bonds. The van der Waals surface area contributed by atoms with E-state index in [4.69, 9.17) is 4.74 Å². The van der Waals surface area contributed by atoms with Crippen LogP contribution in [0.15, 0.2) is 18.2 Å². The van der Waals surface area contributed by atoms with Crippen molar-refractivity contribution in [1.82, 2.24) is 0 Å².